The van der Waals surface area contributed by atoms with Gasteiger partial charge in [0, 0.05) is 15.6 Å². The van der Waals surface area contributed by atoms with Gasteiger partial charge in [0.15, 0.2) is 0 Å². The van der Waals surface area contributed by atoms with Crippen LogP contribution in [0.4, 0.5) is 0 Å². The first-order chi connectivity index (χ1) is 13.6. The Balaban J connectivity index is 1.69. The summed E-state index contributed by atoms with van der Waals surface area (Å²) in [6, 6.07) is 24.2. The molecule has 1 heterocycles. The smallest absolute Gasteiger partial charge is 0.267 e. The van der Waals surface area contributed by atoms with Crippen molar-refractivity contribution in [1.82, 2.24) is 4.90 Å². The molecule has 0 aliphatic carbocycles. The number of halogens is 2. The van der Waals surface area contributed by atoms with Gasteiger partial charge in [-0.3, -0.25) is 4.79 Å². The molecule has 1 amide bonds. The van der Waals surface area contributed by atoms with Gasteiger partial charge in [0.1, 0.15) is 11.8 Å². The van der Waals surface area contributed by atoms with Gasteiger partial charge in [0.2, 0.25) is 6.10 Å². The van der Waals surface area contributed by atoms with Crippen LogP contribution in [0.5, 0.6) is 5.75 Å². The summed E-state index contributed by atoms with van der Waals surface area (Å²) in [5.41, 5.74) is 1.76. The zero-order valence-corrected chi connectivity index (χ0v) is 16.8. The predicted octanol–water partition coefficient (Wildman–Crippen LogP) is 6.09. The topological polar surface area (TPSA) is 29.5 Å². The molecule has 3 aromatic carbocycles. The van der Waals surface area contributed by atoms with Gasteiger partial charge in [-0.2, -0.15) is 0 Å². The molecule has 3 aromatic rings. The fraction of sp³-hybridized carbons (Fsp3) is 0.174. The number of benzene rings is 3. The van der Waals surface area contributed by atoms with Crippen LogP contribution in [0.15, 0.2) is 78.9 Å². The molecule has 0 spiro atoms. The van der Waals surface area contributed by atoms with Gasteiger partial charge >= 0.3 is 0 Å². The third-order valence-corrected chi connectivity index (χ3v) is 5.73. The Hall–Kier alpha value is -2.49. The molecule has 5 heteroatoms. The quantitative estimate of drug-likeness (QED) is 0.475. The van der Waals surface area contributed by atoms with Crippen molar-refractivity contribution in [1.29, 1.82) is 0 Å². The van der Waals surface area contributed by atoms with E-state index in [1.165, 1.54) is 0 Å². The lowest BCUT2D eigenvalue weighted by Crippen LogP contribution is -2.61. The number of β-lactam (4-membered cyclic amide) rings is 1. The summed E-state index contributed by atoms with van der Waals surface area (Å²) in [6.07, 6.45) is -0.589. The molecule has 0 aromatic heterocycles. The van der Waals surface area contributed by atoms with Crippen molar-refractivity contribution in [2.75, 3.05) is 0 Å². The Morgan fingerprint density at radius 2 is 1.43 bits per heavy atom. The minimum absolute atomic E-state index is 0.0822. The van der Waals surface area contributed by atoms with Crippen LogP contribution in [0.25, 0.3) is 0 Å². The molecule has 3 atom stereocenters. The summed E-state index contributed by atoms with van der Waals surface area (Å²) in [5, 5.41) is 1.10. The average Bonchev–Trinajstić information content (AvgIpc) is 2.71. The van der Waals surface area contributed by atoms with Crippen LogP contribution in [0, 0.1) is 0 Å². The van der Waals surface area contributed by atoms with Crippen molar-refractivity contribution in [3.8, 4) is 5.75 Å². The van der Waals surface area contributed by atoms with Crippen LogP contribution in [-0.2, 0) is 4.79 Å². The van der Waals surface area contributed by atoms with E-state index in [2.05, 4.69) is 0 Å². The predicted molar refractivity (Wildman–Crippen MR) is 112 cm³/mol. The number of likely N-dealkylation sites (tertiary alicyclic amines) is 1. The Morgan fingerprint density at radius 1 is 0.857 bits per heavy atom. The SMILES string of the molecule is C[C@@H](c1c(Cl)cccc1Cl)N1C(=O)[C@@H](Oc2ccccc2)[C@H]1c1ccccc1. The Kier molecular flexibility index (Phi) is 5.29. The number of nitrogens with zero attached hydrogens (tertiary/aromatic N) is 1. The normalized spacial score (nSPS) is 19.8. The van der Waals surface area contributed by atoms with Crippen molar-refractivity contribution in [3.05, 3.63) is 100 Å². The van der Waals surface area contributed by atoms with Crippen LogP contribution in [0.1, 0.15) is 30.1 Å². The number of amides is 1. The zero-order valence-electron chi connectivity index (χ0n) is 15.3. The summed E-state index contributed by atoms with van der Waals surface area (Å²) in [7, 11) is 0. The van der Waals surface area contributed by atoms with E-state index in [1.807, 2.05) is 67.6 Å². The lowest BCUT2D eigenvalue weighted by atomic mass is 9.87. The highest BCUT2D eigenvalue weighted by molar-refractivity contribution is 6.36. The van der Waals surface area contributed by atoms with Gasteiger partial charge in [-0.1, -0.05) is 77.8 Å². The molecular weight excluding hydrogens is 393 g/mol. The maximum Gasteiger partial charge on any atom is 0.267 e. The van der Waals surface area contributed by atoms with E-state index in [4.69, 9.17) is 27.9 Å². The molecule has 0 radical (unpaired) electrons. The molecule has 3 nitrogen and oxygen atoms in total. The largest absolute Gasteiger partial charge is 0.478 e. The first-order valence-electron chi connectivity index (χ1n) is 9.10. The summed E-state index contributed by atoms with van der Waals surface area (Å²) in [4.78, 5) is 14.9. The maximum absolute atomic E-state index is 13.1. The molecule has 1 saturated heterocycles. The molecule has 0 bridgehead atoms. The van der Waals surface area contributed by atoms with Crippen molar-refractivity contribution >= 4 is 29.1 Å². The van der Waals surface area contributed by atoms with E-state index in [0.29, 0.717) is 15.8 Å². The maximum atomic E-state index is 13.1. The second kappa shape index (κ2) is 7.86. The molecule has 0 saturated carbocycles. The van der Waals surface area contributed by atoms with Gasteiger partial charge in [-0.05, 0) is 36.8 Å². The van der Waals surface area contributed by atoms with Crippen molar-refractivity contribution in [2.24, 2.45) is 0 Å². The van der Waals surface area contributed by atoms with Crippen LogP contribution in [0.2, 0.25) is 10.0 Å². The van der Waals surface area contributed by atoms with E-state index in [-0.39, 0.29) is 18.0 Å². The molecule has 1 aliphatic rings. The van der Waals surface area contributed by atoms with Gasteiger partial charge in [-0.15, -0.1) is 0 Å². The third kappa shape index (κ3) is 3.36. The molecule has 142 valence electrons. The molecule has 28 heavy (non-hydrogen) atoms. The summed E-state index contributed by atoms with van der Waals surface area (Å²) in [6.45, 7) is 1.94. The molecule has 4 rings (SSSR count). The van der Waals surface area contributed by atoms with E-state index in [1.54, 1.807) is 23.1 Å². The molecular formula is C23H19Cl2NO2. The Labute approximate surface area is 174 Å². The van der Waals surface area contributed by atoms with Gasteiger partial charge in [0.25, 0.3) is 5.91 Å². The number of rotatable bonds is 5. The molecule has 0 N–H and O–H groups in total. The van der Waals surface area contributed by atoms with Crippen molar-refractivity contribution in [3.63, 3.8) is 0 Å². The average molecular weight is 412 g/mol. The van der Waals surface area contributed by atoms with E-state index >= 15 is 0 Å². The van der Waals surface area contributed by atoms with E-state index in [0.717, 1.165) is 11.1 Å². The second-order valence-electron chi connectivity index (χ2n) is 6.76. The number of carbonyl (C=O) groups excluding carboxylic acids is 1. The first kappa shape index (κ1) is 18.9. The number of para-hydroxylation sites is 1. The number of hydrogen-bond donors (Lipinski definition) is 0. The highest BCUT2D eigenvalue weighted by Gasteiger charge is 2.52. The van der Waals surface area contributed by atoms with Crippen LogP contribution >= 0.6 is 23.2 Å². The number of ether oxygens (including phenoxy) is 1. The van der Waals surface area contributed by atoms with Crippen LogP contribution in [-0.4, -0.2) is 16.9 Å². The summed E-state index contributed by atoms with van der Waals surface area (Å²) in [5.74, 6) is 0.589. The van der Waals surface area contributed by atoms with Crippen molar-refractivity contribution in [2.45, 2.75) is 25.1 Å². The minimum atomic E-state index is -0.589. The lowest BCUT2D eigenvalue weighted by molar-refractivity contribution is -0.169. The first-order valence-corrected chi connectivity index (χ1v) is 9.86. The summed E-state index contributed by atoms with van der Waals surface area (Å²) < 4.78 is 6.05. The van der Waals surface area contributed by atoms with Gasteiger partial charge in [-0.25, -0.2) is 0 Å². The highest BCUT2D eigenvalue weighted by Crippen LogP contribution is 2.45. The molecule has 0 unspecified atom stereocenters. The summed E-state index contributed by atoms with van der Waals surface area (Å²) >= 11 is 12.8. The number of carbonyl (C=O) groups is 1. The third-order valence-electron chi connectivity index (χ3n) is 5.07. The second-order valence-corrected chi connectivity index (χ2v) is 7.58. The molecule has 1 fully saturated rings. The standard InChI is InChI=1S/C23H19Cl2NO2/c1-15(20-18(24)13-8-14-19(20)25)26-21(16-9-4-2-5-10-16)22(23(26)27)28-17-11-6-3-7-12-17/h2-15,21-22H,1H3/t15-,21+,22-/m0/s1. The Morgan fingerprint density at radius 3 is 2.04 bits per heavy atom. The monoisotopic (exact) mass is 411 g/mol. The Bertz CT molecular complexity index is 958. The van der Waals surface area contributed by atoms with Crippen molar-refractivity contribution < 1.29 is 9.53 Å². The fourth-order valence-electron chi connectivity index (χ4n) is 3.71. The molecule has 1 aliphatic heterocycles. The zero-order chi connectivity index (χ0) is 19.7. The van der Waals surface area contributed by atoms with E-state index < -0.39 is 6.10 Å². The number of hydrogen-bond acceptors (Lipinski definition) is 2. The minimum Gasteiger partial charge on any atom is -0.478 e. The highest BCUT2D eigenvalue weighted by atomic mass is 35.5. The van der Waals surface area contributed by atoms with Crippen LogP contribution in [0.3, 0.4) is 0 Å². The fourth-order valence-corrected chi connectivity index (χ4v) is 4.42. The van der Waals surface area contributed by atoms with Gasteiger partial charge in [0.05, 0.1) is 6.04 Å². The van der Waals surface area contributed by atoms with Gasteiger partial charge < -0.3 is 9.64 Å². The van der Waals surface area contributed by atoms with E-state index in [9.17, 15) is 4.79 Å². The lowest BCUT2D eigenvalue weighted by Gasteiger charge is -2.50. The van der Waals surface area contributed by atoms with Crippen LogP contribution < -0.4 is 4.74 Å².